The van der Waals surface area contributed by atoms with Crippen molar-refractivity contribution in [3.05, 3.63) is 59.3 Å². The van der Waals surface area contributed by atoms with Crippen molar-refractivity contribution in [2.45, 2.75) is 13.0 Å². The van der Waals surface area contributed by atoms with Crippen LogP contribution < -0.4 is 30.3 Å². The molecule has 0 bridgehead atoms. The van der Waals surface area contributed by atoms with Gasteiger partial charge in [-0.3, -0.25) is 4.79 Å². The molecule has 3 rings (SSSR count). The molecule has 158 valence electrons. The number of carbonyl (C=O) groups excluding carboxylic acids is 2. The number of benzene rings is 2. The average Bonchev–Trinajstić information content (AvgIpc) is 2.73. The summed E-state index contributed by atoms with van der Waals surface area (Å²) in [7, 11) is 6.98. The van der Waals surface area contributed by atoms with Crippen LogP contribution in [0.15, 0.2) is 53.7 Å². The van der Waals surface area contributed by atoms with Crippen LogP contribution in [0.4, 0.5) is 16.2 Å². The zero-order chi connectivity index (χ0) is 21.8. The SMILES string of the molecule is COc1ccc(OC)c(NC(=O)C2=C(C)NC(=O)N[C@@H]2c2ccc(N(C)C)cc2)c1. The Bertz CT molecular complexity index is 983. The van der Waals surface area contributed by atoms with E-state index in [0.29, 0.717) is 28.5 Å². The highest BCUT2D eigenvalue weighted by Crippen LogP contribution is 2.32. The van der Waals surface area contributed by atoms with E-state index >= 15 is 0 Å². The van der Waals surface area contributed by atoms with Crippen LogP contribution in [-0.2, 0) is 4.79 Å². The summed E-state index contributed by atoms with van der Waals surface area (Å²) in [6, 6.07) is 11.9. The van der Waals surface area contributed by atoms with Crippen molar-refractivity contribution in [3.63, 3.8) is 0 Å². The van der Waals surface area contributed by atoms with E-state index in [4.69, 9.17) is 9.47 Å². The molecule has 3 amide bonds. The van der Waals surface area contributed by atoms with E-state index in [-0.39, 0.29) is 11.9 Å². The molecule has 8 nitrogen and oxygen atoms in total. The van der Waals surface area contributed by atoms with Crippen molar-refractivity contribution < 1.29 is 19.1 Å². The summed E-state index contributed by atoms with van der Waals surface area (Å²) in [4.78, 5) is 27.3. The summed E-state index contributed by atoms with van der Waals surface area (Å²) in [6.45, 7) is 1.71. The highest BCUT2D eigenvalue weighted by molar-refractivity contribution is 6.07. The Morgan fingerprint density at radius 3 is 2.37 bits per heavy atom. The molecular formula is C22H26N4O4. The maximum Gasteiger partial charge on any atom is 0.319 e. The van der Waals surface area contributed by atoms with Crippen molar-refractivity contribution in [2.24, 2.45) is 0 Å². The Hall–Kier alpha value is -3.68. The number of anilines is 2. The van der Waals surface area contributed by atoms with Gasteiger partial charge in [-0.25, -0.2) is 4.79 Å². The van der Waals surface area contributed by atoms with Gasteiger partial charge in [0.05, 0.1) is 31.5 Å². The molecule has 0 radical (unpaired) electrons. The number of ether oxygens (including phenoxy) is 2. The molecule has 0 saturated carbocycles. The average molecular weight is 410 g/mol. The fourth-order valence-electron chi connectivity index (χ4n) is 3.31. The van der Waals surface area contributed by atoms with Crippen LogP contribution in [0.5, 0.6) is 11.5 Å². The summed E-state index contributed by atoms with van der Waals surface area (Å²) in [5.41, 5.74) is 3.20. The van der Waals surface area contributed by atoms with Gasteiger partial charge in [0.25, 0.3) is 5.91 Å². The third-order valence-corrected chi connectivity index (χ3v) is 4.91. The molecule has 0 saturated heterocycles. The Labute approximate surface area is 175 Å². The lowest BCUT2D eigenvalue weighted by atomic mass is 9.94. The van der Waals surface area contributed by atoms with Crippen molar-refractivity contribution in [2.75, 3.05) is 38.5 Å². The molecule has 1 heterocycles. The number of methoxy groups -OCH3 is 2. The molecule has 8 heteroatoms. The van der Waals surface area contributed by atoms with Gasteiger partial charge in [0.15, 0.2) is 0 Å². The fourth-order valence-corrected chi connectivity index (χ4v) is 3.31. The summed E-state index contributed by atoms with van der Waals surface area (Å²) in [5.74, 6) is 0.734. The van der Waals surface area contributed by atoms with Crippen LogP contribution >= 0.6 is 0 Å². The van der Waals surface area contributed by atoms with Gasteiger partial charge in [0.2, 0.25) is 0 Å². The second kappa shape index (κ2) is 8.77. The molecule has 30 heavy (non-hydrogen) atoms. The summed E-state index contributed by atoms with van der Waals surface area (Å²) >= 11 is 0. The minimum atomic E-state index is -0.591. The maximum atomic E-state index is 13.2. The zero-order valence-corrected chi connectivity index (χ0v) is 17.7. The van der Waals surface area contributed by atoms with Crippen LogP contribution in [0.25, 0.3) is 0 Å². The number of hydrogen-bond donors (Lipinski definition) is 3. The van der Waals surface area contributed by atoms with Crippen molar-refractivity contribution in [1.29, 1.82) is 0 Å². The van der Waals surface area contributed by atoms with Crippen LogP contribution in [0.2, 0.25) is 0 Å². The molecule has 1 atom stereocenters. The van der Waals surface area contributed by atoms with Gasteiger partial charge in [-0.1, -0.05) is 12.1 Å². The van der Waals surface area contributed by atoms with E-state index in [2.05, 4.69) is 16.0 Å². The molecule has 0 fully saturated rings. The van der Waals surface area contributed by atoms with E-state index in [0.717, 1.165) is 11.3 Å². The Morgan fingerprint density at radius 1 is 1.07 bits per heavy atom. The quantitative estimate of drug-likeness (QED) is 0.681. The third kappa shape index (κ3) is 4.32. The van der Waals surface area contributed by atoms with E-state index in [1.165, 1.54) is 7.11 Å². The standard InChI is InChI=1S/C22H26N4O4/c1-13-19(21(27)24-17-12-16(29-4)10-11-18(17)30-5)20(25-22(28)23-13)14-6-8-15(9-7-14)26(2)3/h6-12,20H,1-5H3,(H,24,27)(H2,23,25,28)/t20-/m1/s1. The van der Waals surface area contributed by atoms with Gasteiger partial charge in [0.1, 0.15) is 11.5 Å². The molecule has 0 aromatic heterocycles. The highest BCUT2D eigenvalue weighted by Gasteiger charge is 2.31. The van der Waals surface area contributed by atoms with Crippen LogP contribution in [0.1, 0.15) is 18.5 Å². The van der Waals surface area contributed by atoms with E-state index in [1.54, 1.807) is 32.2 Å². The first kappa shape index (κ1) is 21.0. The molecule has 0 unspecified atom stereocenters. The van der Waals surface area contributed by atoms with Crippen molar-refractivity contribution in [3.8, 4) is 11.5 Å². The Morgan fingerprint density at radius 2 is 1.77 bits per heavy atom. The summed E-state index contributed by atoms with van der Waals surface area (Å²) in [6.07, 6.45) is 0. The van der Waals surface area contributed by atoms with Crippen molar-refractivity contribution >= 4 is 23.3 Å². The van der Waals surface area contributed by atoms with Gasteiger partial charge in [-0.2, -0.15) is 0 Å². The Balaban J connectivity index is 1.95. The van der Waals surface area contributed by atoms with Crippen molar-refractivity contribution in [1.82, 2.24) is 10.6 Å². The van der Waals surface area contributed by atoms with Gasteiger partial charge < -0.3 is 30.3 Å². The van der Waals surface area contributed by atoms with Gasteiger partial charge >= 0.3 is 6.03 Å². The first-order chi connectivity index (χ1) is 14.3. The molecule has 1 aliphatic rings. The lowest BCUT2D eigenvalue weighted by Crippen LogP contribution is -2.46. The monoisotopic (exact) mass is 410 g/mol. The van der Waals surface area contributed by atoms with Gasteiger partial charge in [0, 0.05) is 31.5 Å². The number of rotatable bonds is 6. The molecule has 0 aliphatic carbocycles. The number of carbonyl (C=O) groups is 2. The third-order valence-electron chi connectivity index (χ3n) is 4.91. The molecular weight excluding hydrogens is 384 g/mol. The number of urea groups is 1. The molecule has 1 aliphatic heterocycles. The molecule has 2 aromatic rings. The van der Waals surface area contributed by atoms with E-state index < -0.39 is 6.04 Å². The topological polar surface area (TPSA) is 91.9 Å². The minimum absolute atomic E-state index is 0.353. The van der Waals surface area contributed by atoms with Crippen LogP contribution in [-0.4, -0.2) is 40.3 Å². The normalized spacial score (nSPS) is 15.8. The van der Waals surface area contributed by atoms with Gasteiger partial charge in [-0.05, 0) is 36.8 Å². The van der Waals surface area contributed by atoms with E-state index in [9.17, 15) is 9.59 Å². The predicted molar refractivity (Wildman–Crippen MR) is 116 cm³/mol. The highest BCUT2D eigenvalue weighted by atomic mass is 16.5. The zero-order valence-electron chi connectivity index (χ0n) is 17.7. The maximum absolute atomic E-state index is 13.2. The fraction of sp³-hybridized carbons (Fsp3) is 0.273. The van der Waals surface area contributed by atoms with E-state index in [1.807, 2.05) is 43.3 Å². The lowest BCUT2D eigenvalue weighted by Gasteiger charge is -2.29. The first-order valence-corrected chi connectivity index (χ1v) is 9.43. The Kier molecular flexibility index (Phi) is 6.15. The van der Waals surface area contributed by atoms with Crippen LogP contribution in [0, 0.1) is 0 Å². The van der Waals surface area contributed by atoms with Crippen LogP contribution in [0.3, 0.4) is 0 Å². The largest absolute Gasteiger partial charge is 0.497 e. The first-order valence-electron chi connectivity index (χ1n) is 9.43. The lowest BCUT2D eigenvalue weighted by molar-refractivity contribution is -0.113. The smallest absolute Gasteiger partial charge is 0.319 e. The second-order valence-electron chi connectivity index (χ2n) is 7.08. The second-order valence-corrected chi connectivity index (χ2v) is 7.08. The minimum Gasteiger partial charge on any atom is -0.497 e. The number of hydrogen-bond acceptors (Lipinski definition) is 5. The summed E-state index contributed by atoms with van der Waals surface area (Å²) < 4.78 is 10.6. The number of amides is 3. The molecule has 0 spiro atoms. The molecule has 3 N–H and O–H groups in total. The number of nitrogens with zero attached hydrogens (tertiary/aromatic N) is 1. The summed E-state index contributed by atoms with van der Waals surface area (Å²) in [5, 5.41) is 8.40. The van der Waals surface area contributed by atoms with Gasteiger partial charge in [-0.15, -0.1) is 0 Å². The number of nitrogens with one attached hydrogen (secondary N) is 3. The number of allylic oxidation sites excluding steroid dienone is 1. The molecule has 2 aromatic carbocycles. The predicted octanol–water partition coefficient (Wildman–Crippen LogP) is 3.04.